The summed E-state index contributed by atoms with van der Waals surface area (Å²) >= 11 is 6.51. The molecule has 0 aromatic carbocycles. The molecule has 0 spiro atoms. The Bertz CT molecular complexity index is 268. The molecule has 1 rings (SSSR count). The first kappa shape index (κ1) is 9.95. The number of rotatable bonds is 3. The molecular formula is C7H8Br2N2O. The number of halogens is 2. The summed E-state index contributed by atoms with van der Waals surface area (Å²) in [5.74, 6) is 0.712. The molecule has 0 unspecified atom stereocenters. The number of hydrogen-bond acceptors (Lipinski definition) is 3. The monoisotopic (exact) mass is 294 g/mol. The lowest BCUT2D eigenvalue weighted by Gasteiger charge is -2.05. The van der Waals surface area contributed by atoms with Gasteiger partial charge in [-0.3, -0.25) is 0 Å². The normalized spacial score (nSPS) is 9.92. The predicted octanol–water partition coefficient (Wildman–Crippen LogP) is 1.94. The smallest absolute Gasteiger partial charge is 0.152 e. The van der Waals surface area contributed by atoms with E-state index >= 15 is 0 Å². The summed E-state index contributed by atoms with van der Waals surface area (Å²) in [5, 5.41) is 0. The second-order valence-corrected chi connectivity index (χ2v) is 3.62. The van der Waals surface area contributed by atoms with Crippen molar-refractivity contribution in [2.45, 2.75) is 0 Å². The van der Waals surface area contributed by atoms with Gasteiger partial charge in [0, 0.05) is 6.54 Å². The maximum Gasteiger partial charge on any atom is 0.152 e. The molecule has 0 saturated carbocycles. The van der Waals surface area contributed by atoms with E-state index in [4.69, 9.17) is 10.5 Å². The van der Waals surface area contributed by atoms with Crippen LogP contribution in [0.4, 0.5) is 0 Å². The third-order valence-electron chi connectivity index (χ3n) is 1.16. The maximum absolute atomic E-state index is 5.29. The minimum absolute atomic E-state index is 0.502. The molecular weight excluding hydrogens is 288 g/mol. The Labute approximate surface area is 87.6 Å². The molecule has 1 heterocycles. The van der Waals surface area contributed by atoms with Crippen molar-refractivity contribution in [2.24, 2.45) is 5.73 Å². The van der Waals surface area contributed by atoms with Crippen molar-refractivity contribution in [3.8, 4) is 5.75 Å². The minimum Gasteiger partial charge on any atom is -0.489 e. The van der Waals surface area contributed by atoms with Crippen molar-refractivity contribution < 1.29 is 4.74 Å². The van der Waals surface area contributed by atoms with Crippen LogP contribution in [0.2, 0.25) is 0 Å². The van der Waals surface area contributed by atoms with E-state index in [9.17, 15) is 0 Å². The van der Waals surface area contributed by atoms with Gasteiger partial charge in [-0.15, -0.1) is 0 Å². The first-order valence-electron chi connectivity index (χ1n) is 3.39. The van der Waals surface area contributed by atoms with Crippen LogP contribution < -0.4 is 10.5 Å². The highest BCUT2D eigenvalue weighted by atomic mass is 79.9. The molecule has 1 aromatic heterocycles. The summed E-state index contributed by atoms with van der Waals surface area (Å²) in [6, 6.07) is 3.65. The van der Waals surface area contributed by atoms with Gasteiger partial charge in [-0.05, 0) is 44.0 Å². The van der Waals surface area contributed by atoms with E-state index in [0.29, 0.717) is 23.5 Å². The number of nitrogens with two attached hydrogens (primary N) is 1. The van der Waals surface area contributed by atoms with Crippen molar-refractivity contribution in [3.05, 3.63) is 21.3 Å². The number of aromatic nitrogens is 1. The molecule has 0 atom stereocenters. The topological polar surface area (TPSA) is 48.1 Å². The van der Waals surface area contributed by atoms with Crippen LogP contribution in [0.5, 0.6) is 5.75 Å². The lowest BCUT2D eigenvalue weighted by atomic mass is 10.5. The fourth-order valence-electron chi connectivity index (χ4n) is 0.676. The highest BCUT2D eigenvalue weighted by Gasteiger charge is 2.01. The molecule has 0 fully saturated rings. The van der Waals surface area contributed by atoms with Gasteiger partial charge >= 0.3 is 0 Å². The number of hydrogen-bond donors (Lipinski definition) is 1. The van der Waals surface area contributed by atoms with Crippen molar-refractivity contribution >= 4 is 31.9 Å². The molecule has 0 aliphatic heterocycles. The van der Waals surface area contributed by atoms with Crippen LogP contribution >= 0.6 is 31.9 Å². The minimum atomic E-state index is 0.502. The Morgan fingerprint density at radius 3 is 2.75 bits per heavy atom. The van der Waals surface area contributed by atoms with Crippen LogP contribution in [-0.2, 0) is 0 Å². The SMILES string of the molecule is NCCOc1ccc(Br)nc1Br. The summed E-state index contributed by atoms with van der Waals surface area (Å²) in [5.41, 5.74) is 5.29. The average molecular weight is 296 g/mol. The summed E-state index contributed by atoms with van der Waals surface area (Å²) in [6.45, 7) is 1.00. The molecule has 0 aliphatic carbocycles. The molecule has 0 aliphatic rings. The zero-order valence-corrected chi connectivity index (χ0v) is 9.43. The lowest BCUT2D eigenvalue weighted by Crippen LogP contribution is -2.10. The van der Waals surface area contributed by atoms with Crippen molar-refractivity contribution in [2.75, 3.05) is 13.2 Å². The molecule has 66 valence electrons. The van der Waals surface area contributed by atoms with Crippen molar-refractivity contribution in [1.82, 2.24) is 4.98 Å². The third-order valence-corrected chi connectivity index (χ3v) is 2.17. The van der Waals surface area contributed by atoms with Crippen molar-refractivity contribution in [3.63, 3.8) is 0 Å². The molecule has 2 N–H and O–H groups in total. The lowest BCUT2D eigenvalue weighted by molar-refractivity contribution is 0.324. The van der Waals surface area contributed by atoms with E-state index in [0.717, 1.165) is 4.60 Å². The highest BCUT2D eigenvalue weighted by Crippen LogP contribution is 2.24. The van der Waals surface area contributed by atoms with Gasteiger partial charge in [0.2, 0.25) is 0 Å². The largest absolute Gasteiger partial charge is 0.489 e. The van der Waals surface area contributed by atoms with Gasteiger partial charge in [-0.1, -0.05) is 0 Å². The summed E-state index contributed by atoms with van der Waals surface area (Å²) in [7, 11) is 0. The Kier molecular flexibility index (Phi) is 3.97. The van der Waals surface area contributed by atoms with E-state index in [1.807, 2.05) is 12.1 Å². The van der Waals surface area contributed by atoms with Crippen LogP contribution in [0.1, 0.15) is 0 Å². The molecule has 0 bridgehead atoms. The number of pyridine rings is 1. The third kappa shape index (κ3) is 2.73. The molecule has 3 nitrogen and oxygen atoms in total. The fraction of sp³-hybridized carbons (Fsp3) is 0.286. The first-order chi connectivity index (χ1) is 5.74. The van der Waals surface area contributed by atoms with Gasteiger partial charge in [0.15, 0.2) is 5.75 Å². The highest BCUT2D eigenvalue weighted by molar-refractivity contribution is 9.11. The molecule has 0 radical (unpaired) electrons. The Morgan fingerprint density at radius 1 is 1.42 bits per heavy atom. The summed E-state index contributed by atoms with van der Waals surface area (Å²) in [4.78, 5) is 4.09. The van der Waals surface area contributed by atoms with Gasteiger partial charge < -0.3 is 10.5 Å². The molecule has 12 heavy (non-hydrogen) atoms. The zero-order valence-electron chi connectivity index (χ0n) is 6.26. The number of ether oxygens (including phenoxy) is 1. The fourth-order valence-corrected chi connectivity index (χ4v) is 1.66. The molecule has 0 amide bonds. The van der Waals surface area contributed by atoms with Crippen LogP contribution in [0.25, 0.3) is 0 Å². The quantitative estimate of drug-likeness (QED) is 0.867. The second kappa shape index (κ2) is 4.79. The second-order valence-electron chi connectivity index (χ2n) is 2.06. The van der Waals surface area contributed by atoms with E-state index in [-0.39, 0.29) is 0 Å². The molecule has 0 saturated heterocycles. The van der Waals surface area contributed by atoms with Gasteiger partial charge in [0.1, 0.15) is 15.8 Å². The standard InChI is InChI=1S/C7H8Br2N2O/c8-6-2-1-5(7(9)11-6)12-4-3-10/h1-2H,3-4,10H2. The van der Waals surface area contributed by atoms with E-state index in [2.05, 4.69) is 36.8 Å². The summed E-state index contributed by atoms with van der Waals surface area (Å²) in [6.07, 6.45) is 0. The maximum atomic E-state index is 5.29. The van der Waals surface area contributed by atoms with Crippen LogP contribution in [0.3, 0.4) is 0 Å². The first-order valence-corrected chi connectivity index (χ1v) is 4.97. The van der Waals surface area contributed by atoms with E-state index < -0.39 is 0 Å². The van der Waals surface area contributed by atoms with E-state index in [1.165, 1.54) is 0 Å². The van der Waals surface area contributed by atoms with Gasteiger partial charge in [-0.2, -0.15) is 0 Å². The Hall–Kier alpha value is -0.130. The van der Waals surface area contributed by atoms with Crippen molar-refractivity contribution in [1.29, 1.82) is 0 Å². The van der Waals surface area contributed by atoms with Gasteiger partial charge in [0.05, 0.1) is 0 Å². The Balaban J connectivity index is 2.72. The van der Waals surface area contributed by atoms with Crippen LogP contribution in [0.15, 0.2) is 21.3 Å². The average Bonchev–Trinajstić information content (AvgIpc) is 2.03. The Morgan fingerprint density at radius 2 is 2.17 bits per heavy atom. The van der Waals surface area contributed by atoms with Gasteiger partial charge in [0.25, 0.3) is 0 Å². The predicted molar refractivity (Wildman–Crippen MR) is 54.2 cm³/mol. The molecule has 5 heteroatoms. The number of nitrogens with zero attached hydrogens (tertiary/aromatic N) is 1. The van der Waals surface area contributed by atoms with Crippen LogP contribution in [0, 0.1) is 0 Å². The van der Waals surface area contributed by atoms with Gasteiger partial charge in [-0.25, -0.2) is 4.98 Å². The van der Waals surface area contributed by atoms with Crippen LogP contribution in [-0.4, -0.2) is 18.1 Å². The summed E-state index contributed by atoms with van der Waals surface area (Å²) < 4.78 is 6.74. The zero-order chi connectivity index (χ0) is 8.97. The van der Waals surface area contributed by atoms with E-state index in [1.54, 1.807) is 0 Å². The molecule has 1 aromatic rings.